The Morgan fingerprint density at radius 2 is 1.50 bits per heavy atom. The first-order valence-electron chi connectivity index (χ1n) is 0.670. The summed E-state index contributed by atoms with van der Waals surface area (Å²) in [6, 6.07) is 0. The molecule has 0 spiro atoms. The van der Waals surface area contributed by atoms with E-state index in [-0.39, 0.29) is 26.2 Å². The van der Waals surface area contributed by atoms with Gasteiger partial charge in [0.2, 0.25) is 0 Å². The van der Waals surface area contributed by atoms with Crippen LogP contribution in [0.3, 0.4) is 0 Å². The molecule has 0 aromatic rings. The van der Waals surface area contributed by atoms with Crippen molar-refractivity contribution in [2.24, 2.45) is 0 Å². The summed E-state index contributed by atoms with van der Waals surface area (Å²) < 4.78 is 34.1. The van der Waals surface area contributed by atoms with E-state index in [9.17, 15) is 3.89 Å². The van der Waals surface area contributed by atoms with Crippen molar-refractivity contribution in [2.75, 3.05) is 0 Å². The molecule has 1 N–H and O–H groups in total. The van der Waals surface area contributed by atoms with Gasteiger partial charge in [-0.2, -0.15) is 8.42 Å². The molecular formula is HFO3SZr. The monoisotopic (exact) mass is 190 g/mol. The third-order valence-corrected chi connectivity index (χ3v) is 0. The maximum Gasteiger partial charge on any atom is 0.435 e. The van der Waals surface area contributed by atoms with Gasteiger partial charge in [0, 0.05) is 26.2 Å². The standard InChI is InChI=1S/FHO3S.Zr/c1-5(2,3)4;/h(H,2,3,4);. The SMILES string of the molecule is O=S(=O)(O)F.[Zr]. The zero-order valence-electron chi connectivity index (χ0n) is 2.55. The maximum absolute atomic E-state index is 10.2. The fourth-order valence-electron chi connectivity index (χ4n) is 0. The second-order valence-electron chi connectivity index (χ2n) is 0.412. The van der Waals surface area contributed by atoms with Crippen molar-refractivity contribution in [1.29, 1.82) is 0 Å². The third kappa shape index (κ3) is 125. The molecule has 0 rings (SSSR count). The first-order valence-corrected chi connectivity index (χ1v) is 2.01. The molecule has 36 valence electrons. The summed E-state index contributed by atoms with van der Waals surface area (Å²) in [6.45, 7) is 0. The molecule has 6 heavy (non-hydrogen) atoms. The van der Waals surface area contributed by atoms with Crippen LogP contribution >= 0.6 is 0 Å². The van der Waals surface area contributed by atoms with Crippen LogP contribution < -0.4 is 0 Å². The molecule has 3 nitrogen and oxygen atoms in total. The topological polar surface area (TPSA) is 54.4 Å². The van der Waals surface area contributed by atoms with Crippen molar-refractivity contribution < 1.29 is 43.1 Å². The maximum atomic E-state index is 10.2. The Bertz CT molecular complexity index is 94.0. The van der Waals surface area contributed by atoms with Gasteiger partial charge in [0.1, 0.15) is 0 Å². The quantitative estimate of drug-likeness (QED) is 0.424. The van der Waals surface area contributed by atoms with Crippen LogP contribution in [0.25, 0.3) is 0 Å². The van der Waals surface area contributed by atoms with Crippen LogP contribution in [0.5, 0.6) is 0 Å². The van der Waals surface area contributed by atoms with Crippen molar-refractivity contribution in [3.63, 3.8) is 0 Å². The summed E-state index contributed by atoms with van der Waals surface area (Å²) in [5.74, 6) is 0. The zero-order chi connectivity index (χ0) is 4.50. The van der Waals surface area contributed by atoms with E-state index in [0.717, 1.165) is 0 Å². The summed E-state index contributed by atoms with van der Waals surface area (Å²) in [7, 11) is -5.17. The average Bonchev–Trinajstić information content (AvgIpc) is 0.722. The molecule has 0 aromatic carbocycles. The van der Waals surface area contributed by atoms with Gasteiger partial charge in [0.25, 0.3) is 0 Å². The summed E-state index contributed by atoms with van der Waals surface area (Å²) in [6.07, 6.45) is 0. The summed E-state index contributed by atoms with van der Waals surface area (Å²) in [4.78, 5) is 0. The Hall–Kier alpha value is 0.723. The van der Waals surface area contributed by atoms with Gasteiger partial charge >= 0.3 is 10.5 Å². The predicted octanol–water partition coefficient (Wildman–Crippen LogP) is -0.244. The van der Waals surface area contributed by atoms with Gasteiger partial charge in [-0.05, 0) is 0 Å². The second kappa shape index (κ2) is 2.82. The molecule has 0 fully saturated rings. The van der Waals surface area contributed by atoms with Crippen LogP contribution in [0, 0.1) is 0 Å². The van der Waals surface area contributed by atoms with Crippen molar-refractivity contribution >= 4 is 10.5 Å². The van der Waals surface area contributed by atoms with Crippen molar-refractivity contribution in [3.8, 4) is 0 Å². The van der Waals surface area contributed by atoms with E-state index < -0.39 is 10.5 Å². The minimum Gasteiger partial charge on any atom is -0.260 e. The smallest absolute Gasteiger partial charge is 0.260 e. The molecule has 0 saturated heterocycles. The van der Waals surface area contributed by atoms with E-state index in [0.29, 0.717) is 0 Å². The molecule has 0 amide bonds. The molecule has 0 aliphatic rings. The number of hydrogen-bond acceptors (Lipinski definition) is 2. The molecule has 0 aliphatic carbocycles. The van der Waals surface area contributed by atoms with E-state index in [1.165, 1.54) is 0 Å². The second-order valence-corrected chi connectivity index (χ2v) is 1.24. The normalized spacial score (nSPS) is 9.67. The Labute approximate surface area is 53.7 Å². The molecule has 0 aromatic heterocycles. The van der Waals surface area contributed by atoms with Gasteiger partial charge in [0.15, 0.2) is 0 Å². The van der Waals surface area contributed by atoms with Gasteiger partial charge < -0.3 is 0 Å². The Morgan fingerprint density at radius 1 is 1.50 bits per heavy atom. The van der Waals surface area contributed by atoms with E-state index >= 15 is 0 Å². The van der Waals surface area contributed by atoms with Crippen LogP contribution in [-0.2, 0) is 36.7 Å². The molecule has 0 heterocycles. The van der Waals surface area contributed by atoms with Crippen LogP contribution in [-0.4, -0.2) is 13.0 Å². The summed E-state index contributed by atoms with van der Waals surface area (Å²) >= 11 is 0. The zero-order valence-corrected chi connectivity index (χ0v) is 5.82. The number of halogens is 1. The van der Waals surface area contributed by atoms with Crippen LogP contribution in [0.2, 0.25) is 0 Å². The van der Waals surface area contributed by atoms with E-state index in [1.54, 1.807) is 0 Å². The van der Waals surface area contributed by atoms with Crippen molar-refractivity contribution in [3.05, 3.63) is 0 Å². The molecule has 6 heteroatoms. The molecule has 0 radical (unpaired) electrons. The number of hydrogen-bond donors (Lipinski definition) is 1. The Kier molecular flexibility index (Phi) is 4.65. The Morgan fingerprint density at radius 3 is 1.50 bits per heavy atom. The predicted molar refractivity (Wildman–Crippen MR) is 12.7 cm³/mol. The van der Waals surface area contributed by atoms with Crippen LogP contribution in [0.1, 0.15) is 0 Å². The minimum atomic E-state index is -5.17. The van der Waals surface area contributed by atoms with E-state index in [2.05, 4.69) is 0 Å². The largest absolute Gasteiger partial charge is 0.435 e. The number of rotatable bonds is 0. The molecule has 0 aliphatic heterocycles. The first kappa shape index (κ1) is 9.87. The molecule has 0 bridgehead atoms. The first-order chi connectivity index (χ1) is 2.00. The van der Waals surface area contributed by atoms with E-state index in [4.69, 9.17) is 13.0 Å². The fourth-order valence-corrected chi connectivity index (χ4v) is 0. The Balaban J connectivity index is 0. The van der Waals surface area contributed by atoms with Crippen LogP contribution in [0.4, 0.5) is 3.89 Å². The van der Waals surface area contributed by atoms with Gasteiger partial charge in [-0.3, -0.25) is 4.55 Å². The van der Waals surface area contributed by atoms with Crippen LogP contribution in [0.15, 0.2) is 0 Å². The van der Waals surface area contributed by atoms with Crippen molar-refractivity contribution in [2.45, 2.75) is 0 Å². The molecular weight excluding hydrogens is 190 g/mol. The summed E-state index contributed by atoms with van der Waals surface area (Å²) in [5.41, 5.74) is 0. The summed E-state index contributed by atoms with van der Waals surface area (Å²) in [5, 5.41) is 0. The average molecular weight is 191 g/mol. The molecule has 0 unspecified atom stereocenters. The molecule has 0 saturated carbocycles. The van der Waals surface area contributed by atoms with Gasteiger partial charge in [-0.25, -0.2) is 0 Å². The molecule has 0 atom stereocenters. The van der Waals surface area contributed by atoms with Gasteiger partial charge in [-0.1, -0.05) is 3.89 Å². The minimum absolute atomic E-state index is 0. The fraction of sp³-hybridized carbons (Fsp3) is 0. The van der Waals surface area contributed by atoms with Crippen molar-refractivity contribution in [1.82, 2.24) is 0 Å². The van der Waals surface area contributed by atoms with Gasteiger partial charge in [-0.15, -0.1) is 0 Å². The van der Waals surface area contributed by atoms with E-state index in [1.807, 2.05) is 0 Å². The van der Waals surface area contributed by atoms with Gasteiger partial charge in [0.05, 0.1) is 0 Å². The third-order valence-electron chi connectivity index (χ3n) is 0.